The quantitative estimate of drug-likeness (QED) is 0.775. The van der Waals surface area contributed by atoms with Crippen LogP contribution in [0.4, 0.5) is 0 Å². The van der Waals surface area contributed by atoms with Gasteiger partial charge in [-0.05, 0) is 20.4 Å². The van der Waals surface area contributed by atoms with E-state index in [1.54, 1.807) is 7.05 Å². The summed E-state index contributed by atoms with van der Waals surface area (Å²) in [4.78, 5) is 15.4. The highest BCUT2D eigenvalue weighted by molar-refractivity contribution is 5.91. The van der Waals surface area contributed by atoms with E-state index in [0.717, 1.165) is 6.54 Å². The SMILES string of the molecule is CCNC(C)(C)c1nc(C(=O)NC)co1. The van der Waals surface area contributed by atoms with Crippen LogP contribution in [0.1, 0.15) is 37.2 Å². The molecule has 5 nitrogen and oxygen atoms in total. The molecule has 0 aromatic carbocycles. The maximum absolute atomic E-state index is 11.3. The van der Waals surface area contributed by atoms with Crippen molar-refractivity contribution in [2.24, 2.45) is 0 Å². The molecule has 0 bridgehead atoms. The molecule has 15 heavy (non-hydrogen) atoms. The second-order valence-corrected chi connectivity index (χ2v) is 3.77. The Hall–Kier alpha value is -1.36. The first kappa shape index (κ1) is 11.7. The number of rotatable bonds is 4. The molecule has 0 aliphatic heterocycles. The number of nitrogens with one attached hydrogen (secondary N) is 2. The Balaban J connectivity index is 2.88. The highest BCUT2D eigenvalue weighted by atomic mass is 16.3. The molecule has 0 fully saturated rings. The molecule has 0 radical (unpaired) electrons. The molecular formula is C10H17N3O2. The smallest absolute Gasteiger partial charge is 0.272 e. The van der Waals surface area contributed by atoms with Crippen molar-refractivity contribution in [3.63, 3.8) is 0 Å². The summed E-state index contributed by atoms with van der Waals surface area (Å²) in [5, 5.41) is 5.72. The zero-order valence-corrected chi connectivity index (χ0v) is 9.55. The molecule has 0 spiro atoms. The van der Waals surface area contributed by atoms with Gasteiger partial charge in [-0.3, -0.25) is 4.79 Å². The first-order chi connectivity index (χ1) is 7.01. The molecular weight excluding hydrogens is 194 g/mol. The lowest BCUT2D eigenvalue weighted by Crippen LogP contribution is -2.36. The summed E-state index contributed by atoms with van der Waals surface area (Å²) in [5.74, 6) is 0.278. The zero-order chi connectivity index (χ0) is 11.5. The second kappa shape index (κ2) is 4.44. The van der Waals surface area contributed by atoms with E-state index in [1.807, 2.05) is 20.8 Å². The first-order valence-corrected chi connectivity index (χ1v) is 4.94. The Bertz CT molecular complexity index is 344. The van der Waals surface area contributed by atoms with Gasteiger partial charge < -0.3 is 15.1 Å². The van der Waals surface area contributed by atoms with E-state index < -0.39 is 0 Å². The Morgan fingerprint density at radius 3 is 2.80 bits per heavy atom. The van der Waals surface area contributed by atoms with Gasteiger partial charge in [-0.1, -0.05) is 6.92 Å². The van der Waals surface area contributed by atoms with Gasteiger partial charge >= 0.3 is 0 Å². The monoisotopic (exact) mass is 211 g/mol. The number of amides is 1. The molecule has 1 aromatic rings. The van der Waals surface area contributed by atoms with Crippen LogP contribution in [0.5, 0.6) is 0 Å². The fourth-order valence-electron chi connectivity index (χ4n) is 1.31. The van der Waals surface area contributed by atoms with E-state index in [9.17, 15) is 4.79 Å². The highest BCUT2D eigenvalue weighted by Crippen LogP contribution is 2.18. The number of hydrogen-bond acceptors (Lipinski definition) is 4. The minimum atomic E-state index is -0.360. The lowest BCUT2D eigenvalue weighted by molar-refractivity contribution is 0.0958. The number of carbonyl (C=O) groups is 1. The largest absolute Gasteiger partial charge is 0.446 e. The highest BCUT2D eigenvalue weighted by Gasteiger charge is 2.26. The molecule has 0 aliphatic carbocycles. The summed E-state index contributed by atoms with van der Waals surface area (Å²) in [6, 6.07) is 0. The molecule has 1 aromatic heterocycles. The van der Waals surface area contributed by atoms with Gasteiger partial charge in [0.25, 0.3) is 5.91 Å². The number of carbonyl (C=O) groups excluding carboxylic acids is 1. The van der Waals surface area contributed by atoms with E-state index in [2.05, 4.69) is 15.6 Å². The Morgan fingerprint density at radius 1 is 1.60 bits per heavy atom. The molecule has 1 heterocycles. The summed E-state index contributed by atoms with van der Waals surface area (Å²) >= 11 is 0. The molecule has 0 aliphatic rings. The summed E-state index contributed by atoms with van der Waals surface area (Å²) in [6.45, 7) is 6.72. The van der Waals surface area contributed by atoms with E-state index in [4.69, 9.17) is 4.42 Å². The lowest BCUT2D eigenvalue weighted by Gasteiger charge is -2.21. The molecule has 2 N–H and O–H groups in total. The average molecular weight is 211 g/mol. The molecule has 0 saturated carbocycles. The van der Waals surface area contributed by atoms with E-state index in [-0.39, 0.29) is 11.4 Å². The summed E-state index contributed by atoms with van der Waals surface area (Å²) < 4.78 is 5.27. The van der Waals surface area contributed by atoms with Crippen molar-refractivity contribution in [3.8, 4) is 0 Å². The van der Waals surface area contributed by atoms with Crippen LogP contribution in [-0.4, -0.2) is 24.5 Å². The van der Waals surface area contributed by atoms with Crippen LogP contribution in [0.3, 0.4) is 0 Å². The minimum Gasteiger partial charge on any atom is -0.446 e. The third-order valence-electron chi connectivity index (χ3n) is 2.12. The standard InChI is InChI=1S/C10H17N3O2/c1-5-12-10(2,3)9-13-7(6-15-9)8(14)11-4/h6,12H,5H2,1-4H3,(H,11,14). The fraction of sp³-hybridized carbons (Fsp3) is 0.600. The second-order valence-electron chi connectivity index (χ2n) is 3.77. The van der Waals surface area contributed by atoms with Crippen molar-refractivity contribution >= 4 is 5.91 Å². The van der Waals surface area contributed by atoms with Crippen LogP contribution in [0, 0.1) is 0 Å². The van der Waals surface area contributed by atoms with Crippen molar-refractivity contribution in [2.45, 2.75) is 26.3 Å². The van der Waals surface area contributed by atoms with E-state index in [0.29, 0.717) is 11.6 Å². The van der Waals surface area contributed by atoms with Crippen molar-refractivity contribution in [3.05, 3.63) is 17.8 Å². The van der Waals surface area contributed by atoms with E-state index >= 15 is 0 Å². The Morgan fingerprint density at radius 2 is 2.27 bits per heavy atom. The van der Waals surface area contributed by atoms with Gasteiger partial charge in [0, 0.05) is 7.05 Å². The average Bonchev–Trinajstić information content (AvgIpc) is 2.66. The van der Waals surface area contributed by atoms with Crippen molar-refractivity contribution in [2.75, 3.05) is 13.6 Å². The molecule has 0 unspecified atom stereocenters. The normalized spacial score (nSPS) is 11.5. The van der Waals surface area contributed by atoms with E-state index in [1.165, 1.54) is 6.26 Å². The number of oxazole rings is 1. The minimum absolute atomic E-state index is 0.239. The van der Waals surface area contributed by atoms with Crippen LogP contribution in [-0.2, 0) is 5.54 Å². The molecule has 0 saturated heterocycles. The molecule has 0 atom stereocenters. The number of hydrogen-bond donors (Lipinski definition) is 2. The number of nitrogens with zero attached hydrogens (tertiary/aromatic N) is 1. The molecule has 1 rings (SSSR count). The van der Waals surface area contributed by atoms with Crippen LogP contribution < -0.4 is 10.6 Å². The Kier molecular flexibility index (Phi) is 3.47. The maximum atomic E-state index is 11.3. The topological polar surface area (TPSA) is 67.2 Å². The van der Waals surface area contributed by atoms with Gasteiger partial charge in [0.2, 0.25) is 5.89 Å². The summed E-state index contributed by atoms with van der Waals surface area (Å²) in [6.07, 6.45) is 1.37. The van der Waals surface area contributed by atoms with Gasteiger partial charge in [-0.25, -0.2) is 4.98 Å². The van der Waals surface area contributed by atoms with Crippen LogP contribution in [0.2, 0.25) is 0 Å². The number of aromatic nitrogens is 1. The van der Waals surface area contributed by atoms with Gasteiger partial charge in [0.1, 0.15) is 6.26 Å². The van der Waals surface area contributed by atoms with Crippen LogP contribution >= 0.6 is 0 Å². The van der Waals surface area contributed by atoms with Gasteiger partial charge in [-0.2, -0.15) is 0 Å². The fourth-order valence-corrected chi connectivity index (χ4v) is 1.31. The van der Waals surface area contributed by atoms with Crippen LogP contribution in [0.25, 0.3) is 0 Å². The van der Waals surface area contributed by atoms with Gasteiger partial charge in [-0.15, -0.1) is 0 Å². The Labute approximate surface area is 89.3 Å². The summed E-state index contributed by atoms with van der Waals surface area (Å²) in [5.41, 5.74) is -0.0560. The molecule has 1 amide bonds. The van der Waals surface area contributed by atoms with Gasteiger partial charge in [0.05, 0.1) is 5.54 Å². The lowest BCUT2D eigenvalue weighted by atomic mass is 10.1. The predicted molar refractivity (Wildman–Crippen MR) is 56.6 cm³/mol. The first-order valence-electron chi connectivity index (χ1n) is 4.94. The molecule has 84 valence electrons. The van der Waals surface area contributed by atoms with Crippen molar-refractivity contribution in [1.29, 1.82) is 0 Å². The third-order valence-corrected chi connectivity index (χ3v) is 2.12. The summed E-state index contributed by atoms with van der Waals surface area (Å²) in [7, 11) is 1.56. The zero-order valence-electron chi connectivity index (χ0n) is 9.55. The van der Waals surface area contributed by atoms with Crippen molar-refractivity contribution < 1.29 is 9.21 Å². The predicted octanol–water partition coefficient (Wildman–Crippen LogP) is 0.879. The molecule has 5 heteroatoms. The van der Waals surface area contributed by atoms with Crippen LogP contribution in [0.15, 0.2) is 10.7 Å². The van der Waals surface area contributed by atoms with Gasteiger partial charge in [0.15, 0.2) is 5.69 Å². The third kappa shape index (κ3) is 2.56. The maximum Gasteiger partial charge on any atom is 0.272 e. The van der Waals surface area contributed by atoms with Crippen molar-refractivity contribution in [1.82, 2.24) is 15.6 Å².